The Morgan fingerprint density at radius 3 is 2.96 bits per heavy atom. The lowest BCUT2D eigenvalue weighted by Crippen LogP contribution is -2.26. The molecule has 0 N–H and O–H groups in total. The first-order chi connectivity index (χ1) is 12.1. The van der Waals surface area contributed by atoms with Crippen molar-refractivity contribution in [3.8, 4) is 11.3 Å². The molecule has 1 aromatic carbocycles. The van der Waals surface area contributed by atoms with Crippen LogP contribution in [0.4, 0.5) is 14.9 Å². The van der Waals surface area contributed by atoms with Crippen molar-refractivity contribution in [3.05, 3.63) is 42.6 Å². The van der Waals surface area contributed by atoms with Crippen molar-refractivity contribution < 1.29 is 13.9 Å². The summed E-state index contributed by atoms with van der Waals surface area (Å²) in [6.45, 7) is 0.699. The number of carbonyl (C=O) groups is 1. The molecule has 0 bridgehead atoms. The zero-order valence-corrected chi connectivity index (χ0v) is 13.3. The average molecular weight is 343 g/mol. The van der Waals surface area contributed by atoms with Crippen LogP contribution in [0.25, 0.3) is 11.3 Å². The molecule has 9 nitrogen and oxygen atoms in total. The Hall–Kier alpha value is -3.30. The number of anilines is 1. The molecule has 0 spiro atoms. The van der Waals surface area contributed by atoms with Gasteiger partial charge in [0.15, 0.2) is 0 Å². The second-order valence-electron chi connectivity index (χ2n) is 5.62. The van der Waals surface area contributed by atoms with E-state index in [4.69, 9.17) is 4.74 Å². The van der Waals surface area contributed by atoms with Crippen molar-refractivity contribution in [1.29, 1.82) is 0 Å². The Morgan fingerprint density at radius 1 is 1.40 bits per heavy atom. The van der Waals surface area contributed by atoms with Crippen molar-refractivity contribution in [1.82, 2.24) is 30.0 Å². The standard InChI is InChI=1S/C15H14FN7O2/c1-21-18-7-14(19-21)12-3-2-10(6-13(12)16)23-9-11(25-15(23)24)8-22-5-4-17-20-22/h2-7,11H,8-9H2,1H3. The summed E-state index contributed by atoms with van der Waals surface area (Å²) in [4.78, 5) is 14.8. The van der Waals surface area contributed by atoms with Gasteiger partial charge in [-0.25, -0.2) is 13.9 Å². The Kier molecular flexibility index (Phi) is 3.64. The van der Waals surface area contributed by atoms with Crippen LogP contribution in [0.15, 0.2) is 36.8 Å². The maximum Gasteiger partial charge on any atom is 0.414 e. The van der Waals surface area contributed by atoms with Crippen molar-refractivity contribution in [2.45, 2.75) is 12.6 Å². The molecular formula is C15H14FN7O2. The lowest BCUT2D eigenvalue weighted by Gasteiger charge is -2.14. The van der Waals surface area contributed by atoms with E-state index in [1.165, 1.54) is 22.0 Å². The highest BCUT2D eigenvalue weighted by Gasteiger charge is 2.33. The van der Waals surface area contributed by atoms with E-state index in [1.807, 2.05) is 0 Å². The molecule has 1 aliphatic rings. The van der Waals surface area contributed by atoms with Gasteiger partial charge in [0, 0.05) is 18.8 Å². The third kappa shape index (κ3) is 2.93. The number of hydrogen-bond acceptors (Lipinski definition) is 6. The molecular weight excluding hydrogens is 329 g/mol. The van der Waals surface area contributed by atoms with Crippen LogP contribution in [-0.2, 0) is 18.3 Å². The van der Waals surface area contributed by atoms with Crippen molar-refractivity contribution in [3.63, 3.8) is 0 Å². The number of rotatable bonds is 4. The Morgan fingerprint density at radius 2 is 2.28 bits per heavy atom. The van der Waals surface area contributed by atoms with E-state index in [2.05, 4.69) is 20.5 Å². The molecule has 0 radical (unpaired) electrons. The number of carbonyl (C=O) groups excluding carboxylic acids is 1. The van der Waals surface area contributed by atoms with Crippen LogP contribution in [0.3, 0.4) is 0 Å². The molecule has 3 heterocycles. The summed E-state index contributed by atoms with van der Waals surface area (Å²) in [5, 5.41) is 15.6. The minimum absolute atomic E-state index is 0.308. The molecule has 1 fully saturated rings. The predicted molar refractivity (Wildman–Crippen MR) is 84.0 cm³/mol. The Balaban J connectivity index is 1.53. The quantitative estimate of drug-likeness (QED) is 0.708. The molecule has 1 saturated heterocycles. The largest absolute Gasteiger partial charge is 0.442 e. The molecule has 10 heteroatoms. The number of nitrogens with zero attached hydrogens (tertiary/aromatic N) is 7. The van der Waals surface area contributed by atoms with Gasteiger partial charge in [-0.2, -0.15) is 15.0 Å². The topological polar surface area (TPSA) is 91.0 Å². The highest BCUT2D eigenvalue weighted by Crippen LogP contribution is 2.28. The number of cyclic esters (lactones) is 1. The fraction of sp³-hybridized carbons (Fsp3) is 0.267. The summed E-state index contributed by atoms with van der Waals surface area (Å²) in [5.74, 6) is -0.481. The smallest absolute Gasteiger partial charge is 0.414 e. The van der Waals surface area contributed by atoms with E-state index in [0.29, 0.717) is 30.0 Å². The SMILES string of the molecule is Cn1ncc(-c2ccc(N3CC(Cn4ccnn4)OC3=O)cc2F)n1. The third-order valence-corrected chi connectivity index (χ3v) is 3.88. The van der Waals surface area contributed by atoms with E-state index >= 15 is 0 Å². The molecule has 1 amide bonds. The summed E-state index contributed by atoms with van der Waals surface area (Å²) in [6.07, 6.45) is 3.82. The van der Waals surface area contributed by atoms with Gasteiger partial charge in [-0.3, -0.25) is 4.90 Å². The molecule has 4 rings (SSSR count). The number of aromatic nitrogens is 6. The molecule has 2 aromatic heterocycles. The number of benzene rings is 1. The number of halogens is 1. The summed E-state index contributed by atoms with van der Waals surface area (Å²) < 4.78 is 21.3. The maximum atomic E-state index is 14.4. The molecule has 25 heavy (non-hydrogen) atoms. The second-order valence-corrected chi connectivity index (χ2v) is 5.62. The zero-order chi connectivity index (χ0) is 17.4. The lowest BCUT2D eigenvalue weighted by atomic mass is 10.1. The third-order valence-electron chi connectivity index (χ3n) is 3.88. The first kappa shape index (κ1) is 15.2. The molecule has 1 unspecified atom stereocenters. The minimum atomic E-state index is -0.517. The summed E-state index contributed by atoms with van der Waals surface area (Å²) >= 11 is 0. The number of ether oxygens (including phenoxy) is 1. The van der Waals surface area contributed by atoms with Crippen molar-refractivity contribution in [2.24, 2.45) is 7.05 Å². The normalized spacial score (nSPS) is 17.1. The van der Waals surface area contributed by atoms with Gasteiger partial charge in [0.2, 0.25) is 0 Å². The van der Waals surface area contributed by atoms with E-state index in [-0.39, 0.29) is 6.10 Å². The predicted octanol–water partition coefficient (Wildman–Crippen LogP) is 1.24. The first-order valence-electron chi connectivity index (χ1n) is 7.58. The van der Waals surface area contributed by atoms with Crippen molar-refractivity contribution in [2.75, 3.05) is 11.4 Å². The van der Waals surface area contributed by atoms with Gasteiger partial charge in [0.25, 0.3) is 0 Å². The van der Waals surface area contributed by atoms with E-state index in [9.17, 15) is 9.18 Å². The second kappa shape index (κ2) is 5.96. The Bertz CT molecular complexity index is 909. The van der Waals surface area contributed by atoms with Crippen LogP contribution in [0, 0.1) is 5.82 Å². The van der Waals surface area contributed by atoms with E-state index in [1.54, 1.807) is 36.3 Å². The highest BCUT2D eigenvalue weighted by molar-refractivity contribution is 5.90. The maximum absolute atomic E-state index is 14.4. The average Bonchev–Trinajstić information content (AvgIpc) is 3.30. The van der Waals surface area contributed by atoms with E-state index in [0.717, 1.165) is 0 Å². The zero-order valence-electron chi connectivity index (χ0n) is 13.3. The van der Waals surface area contributed by atoms with Gasteiger partial charge in [-0.05, 0) is 18.2 Å². The first-order valence-corrected chi connectivity index (χ1v) is 7.58. The van der Waals surface area contributed by atoms with Gasteiger partial charge in [0.1, 0.15) is 17.6 Å². The van der Waals surface area contributed by atoms with Gasteiger partial charge in [-0.15, -0.1) is 5.10 Å². The van der Waals surface area contributed by atoms with Crippen LogP contribution < -0.4 is 4.90 Å². The summed E-state index contributed by atoms with van der Waals surface area (Å²) in [7, 11) is 1.66. The monoisotopic (exact) mass is 343 g/mol. The number of aryl methyl sites for hydroxylation is 1. The molecule has 128 valence electrons. The van der Waals surface area contributed by atoms with Crippen LogP contribution >= 0.6 is 0 Å². The lowest BCUT2D eigenvalue weighted by molar-refractivity contribution is 0.129. The molecule has 0 saturated carbocycles. The molecule has 1 atom stereocenters. The van der Waals surface area contributed by atoms with Crippen LogP contribution in [0.5, 0.6) is 0 Å². The van der Waals surface area contributed by atoms with Gasteiger partial charge in [0.05, 0.1) is 31.2 Å². The van der Waals surface area contributed by atoms with Crippen LogP contribution in [-0.4, -0.2) is 48.7 Å². The Labute approximate surface area is 141 Å². The molecule has 0 aliphatic carbocycles. The summed E-state index contributed by atoms with van der Waals surface area (Å²) in [5.41, 5.74) is 1.18. The summed E-state index contributed by atoms with van der Waals surface area (Å²) in [6, 6.07) is 4.53. The van der Waals surface area contributed by atoms with Crippen LogP contribution in [0.1, 0.15) is 0 Å². The minimum Gasteiger partial charge on any atom is -0.442 e. The number of amides is 1. The highest BCUT2D eigenvalue weighted by atomic mass is 19.1. The van der Waals surface area contributed by atoms with Gasteiger partial charge in [-0.1, -0.05) is 5.21 Å². The van der Waals surface area contributed by atoms with Gasteiger partial charge < -0.3 is 4.74 Å². The molecule has 1 aliphatic heterocycles. The van der Waals surface area contributed by atoms with Gasteiger partial charge >= 0.3 is 6.09 Å². The van der Waals surface area contributed by atoms with E-state index < -0.39 is 11.9 Å². The fourth-order valence-corrected chi connectivity index (χ4v) is 2.72. The number of hydrogen-bond donors (Lipinski definition) is 0. The fourth-order valence-electron chi connectivity index (χ4n) is 2.72. The van der Waals surface area contributed by atoms with Crippen molar-refractivity contribution >= 4 is 11.8 Å². The molecule has 3 aromatic rings. The van der Waals surface area contributed by atoms with Crippen LogP contribution in [0.2, 0.25) is 0 Å².